The number of nitrogens with one attached hydrogen (secondary N) is 1. The van der Waals surface area contributed by atoms with Crippen LogP contribution in [0.1, 0.15) is 41.6 Å². The normalized spacial score (nSPS) is 25.1. The van der Waals surface area contributed by atoms with Gasteiger partial charge in [-0.3, -0.25) is 9.89 Å². The molecule has 2 fully saturated rings. The van der Waals surface area contributed by atoms with Gasteiger partial charge in [-0.15, -0.1) is 5.10 Å². The van der Waals surface area contributed by atoms with Crippen molar-refractivity contribution >= 4 is 5.91 Å². The quantitative estimate of drug-likeness (QED) is 0.731. The molecular weight excluding hydrogens is 208 g/mol. The topological polar surface area (TPSA) is 82.1 Å². The molecular formula is C10H14N4O2. The molecule has 1 aliphatic carbocycles. The number of carbonyl (C=O) groups is 1. The van der Waals surface area contributed by atoms with Crippen LogP contribution < -0.4 is 0 Å². The number of likely N-dealkylation sites (tertiary alicyclic amines) is 1. The average Bonchev–Trinajstić information content (AvgIpc) is 2.86. The Bertz CT molecular complexity index is 413. The molecule has 1 amide bonds. The standard InChI is InChI=1S/C10H14N4O2/c15-7-3-4-14(5-7)10(16)9-11-8(12-13-9)6-1-2-6/h6-7,15H,1-5H2,(H,11,12,13)/t7-/m1/s1. The van der Waals surface area contributed by atoms with Gasteiger partial charge in [-0.05, 0) is 19.3 Å². The lowest BCUT2D eigenvalue weighted by Crippen LogP contribution is -2.30. The predicted octanol–water partition coefficient (Wildman–Crippen LogP) is -0.111. The Morgan fingerprint density at radius 1 is 1.44 bits per heavy atom. The van der Waals surface area contributed by atoms with Crippen LogP contribution in [0.25, 0.3) is 0 Å². The highest BCUT2D eigenvalue weighted by Crippen LogP contribution is 2.37. The Morgan fingerprint density at radius 3 is 2.88 bits per heavy atom. The third kappa shape index (κ3) is 1.69. The van der Waals surface area contributed by atoms with E-state index >= 15 is 0 Å². The number of carbonyl (C=O) groups excluding carboxylic acids is 1. The number of amides is 1. The van der Waals surface area contributed by atoms with Gasteiger partial charge in [0, 0.05) is 19.0 Å². The van der Waals surface area contributed by atoms with Crippen LogP contribution in [0.5, 0.6) is 0 Å². The Morgan fingerprint density at radius 2 is 2.25 bits per heavy atom. The molecule has 2 N–H and O–H groups in total. The van der Waals surface area contributed by atoms with Crippen LogP contribution in [0.15, 0.2) is 0 Å². The van der Waals surface area contributed by atoms with E-state index in [1.165, 1.54) is 0 Å². The SMILES string of the molecule is O=C(c1n[nH]c(C2CC2)n1)N1CC[C@@H](O)C1. The van der Waals surface area contributed by atoms with Crippen LogP contribution in [0.3, 0.4) is 0 Å². The fourth-order valence-electron chi connectivity index (χ4n) is 1.98. The lowest BCUT2D eigenvalue weighted by molar-refractivity contribution is 0.0753. The minimum atomic E-state index is -0.397. The van der Waals surface area contributed by atoms with E-state index in [1.807, 2.05) is 0 Å². The highest BCUT2D eigenvalue weighted by Gasteiger charge is 2.31. The Kier molecular flexibility index (Phi) is 2.17. The van der Waals surface area contributed by atoms with Crippen molar-refractivity contribution in [2.75, 3.05) is 13.1 Å². The zero-order valence-electron chi connectivity index (χ0n) is 8.89. The third-order valence-corrected chi connectivity index (χ3v) is 3.11. The summed E-state index contributed by atoms with van der Waals surface area (Å²) in [5.41, 5.74) is 0. The van der Waals surface area contributed by atoms with Crippen molar-refractivity contribution in [3.63, 3.8) is 0 Å². The highest BCUT2D eigenvalue weighted by atomic mass is 16.3. The molecule has 1 atom stereocenters. The first-order valence-electron chi connectivity index (χ1n) is 5.63. The van der Waals surface area contributed by atoms with Crippen molar-refractivity contribution in [3.8, 4) is 0 Å². The van der Waals surface area contributed by atoms with Crippen LogP contribution in [-0.2, 0) is 0 Å². The fourth-order valence-corrected chi connectivity index (χ4v) is 1.98. The zero-order valence-corrected chi connectivity index (χ0v) is 8.89. The number of aliphatic hydroxyl groups is 1. The first-order valence-corrected chi connectivity index (χ1v) is 5.63. The van der Waals surface area contributed by atoms with E-state index in [0.29, 0.717) is 25.4 Å². The molecule has 6 heteroatoms. The maximum atomic E-state index is 11.9. The molecule has 1 aliphatic heterocycles. The Balaban J connectivity index is 1.73. The Labute approximate surface area is 92.7 Å². The summed E-state index contributed by atoms with van der Waals surface area (Å²) in [6.45, 7) is 0.986. The maximum Gasteiger partial charge on any atom is 0.293 e. The summed E-state index contributed by atoms with van der Waals surface area (Å²) in [4.78, 5) is 17.7. The molecule has 2 aliphatic rings. The van der Waals surface area contributed by atoms with Gasteiger partial charge < -0.3 is 10.0 Å². The number of aromatic amines is 1. The van der Waals surface area contributed by atoms with E-state index in [0.717, 1.165) is 18.7 Å². The van der Waals surface area contributed by atoms with E-state index in [9.17, 15) is 9.90 Å². The molecule has 0 bridgehead atoms. The molecule has 2 heterocycles. The number of nitrogens with zero attached hydrogens (tertiary/aromatic N) is 3. The summed E-state index contributed by atoms with van der Waals surface area (Å²) in [6.07, 6.45) is 2.51. The van der Waals surface area contributed by atoms with Crippen molar-refractivity contribution in [1.29, 1.82) is 0 Å². The van der Waals surface area contributed by atoms with Crippen molar-refractivity contribution < 1.29 is 9.90 Å². The smallest absolute Gasteiger partial charge is 0.293 e. The molecule has 3 rings (SSSR count). The lowest BCUT2D eigenvalue weighted by Gasteiger charge is -2.12. The summed E-state index contributed by atoms with van der Waals surface area (Å²) >= 11 is 0. The van der Waals surface area contributed by atoms with Crippen LogP contribution in [0, 0.1) is 0 Å². The van der Waals surface area contributed by atoms with Crippen LogP contribution in [-0.4, -0.2) is 50.3 Å². The van der Waals surface area contributed by atoms with Crippen LogP contribution in [0.2, 0.25) is 0 Å². The molecule has 16 heavy (non-hydrogen) atoms. The monoisotopic (exact) mass is 222 g/mol. The van der Waals surface area contributed by atoms with Crippen molar-refractivity contribution in [2.45, 2.75) is 31.3 Å². The summed E-state index contributed by atoms with van der Waals surface area (Å²) in [5.74, 6) is 1.34. The van der Waals surface area contributed by atoms with Crippen LogP contribution in [0.4, 0.5) is 0 Å². The predicted molar refractivity (Wildman–Crippen MR) is 54.9 cm³/mol. The molecule has 6 nitrogen and oxygen atoms in total. The largest absolute Gasteiger partial charge is 0.391 e. The second kappa shape index (κ2) is 3.55. The van der Waals surface area contributed by atoms with Gasteiger partial charge in [0.2, 0.25) is 5.82 Å². The van der Waals surface area contributed by atoms with E-state index in [2.05, 4.69) is 15.2 Å². The first kappa shape index (κ1) is 9.77. The number of rotatable bonds is 2. The van der Waals surface area contributed by atoms with E-state index in [-0.39, 0.29) is 11.7 Å². The molecule has 1 aromatic rings. The zero-order chi connectivity index (χ0) is 11.1. The third-order valence-electron chi connectivity index (χ3n) is 3.11. The van der Waals surface area contributed by atoms with E-state index in [4.69, 9.17) is 0 Å². The first-order chi connectivity index (χ1) is 7.74. The molecule has 1 saturated heterocycles. The number of aromatic nitrogens is 3. The van der Waals surface area contributed by atoms with Crippen molar-refractivity contribution in [1.82, 2.24) is 20.1 Å². The number of hydrogen-bond donors (Lipinski definition) is 2. The van der Waals surface area contributed by atoms with E-state index in [1.54, 1.807) is 4.90 Å². The summed E-state index contributed by atoms with van der Waals surface area (Å²) < 4.78 is 0. The molecule has 86 valence electrons. The second-order valence-corrected chi connectivity index (χ2v) is 4.51. The second-order valence-electron chi connectivity index (χ2n) is 4.51. The summed E-state index contributed by atoms with van der Waals surface area (Å²) in [6, 6.07) is 0. The molecule has 0 unspecified atom stereocenters. The molecule has 1 aromatic heterocycles. The highest BCUT2D eigenvalue weighted by molar-refractivity contribution is 5.90. The minimum absolute atomic E-state index is 0.181. The molecule has 0 radical (unpaired) electrons. The molecule has 1 saturated carbocycles. The van der Waals surface area contributed by atoms with Gasteiger partial charge in [0.15, 0.2) is 0 Å². The van der Waals surface area contributed by atoms with Crippen molar-refractivity contribution in [2.24, 2.45) is 0 Å². The minimum Gasteiger partial charge on any atom is -0.391 e. The van der Waals surface area contributed by atoms with Crippen LogP contribution >= 0.6 is 0 Å². The van der Waals surface area contributed by atoms with Gasteiger partial charge in [-0.25, -0.2) is 4.98 Å². The number of β-amino-alcohol motifs (C(OH)–C–C–N with tert-alkyl or cyclic N) is 1. The van der Waals surface area contributed by atoms with Gasteiger partial charge in [0.1, 0.15) is 5.82 Å². The van der Waals surface area contributed by atoms with Gasteiger partial charge in [0.05, 0.1) is 6.10 Å². The van der Waals surface area contributed by atoms with Gasteiger partial charge >= 0.3 is 0 Å². The molecule has 0 spiro atoms. The van der Waals surface area contributed by atoms with Gasteiger partial charge in [-0.2, -0.15) is 0 Å². The van der Waals surface area contributed by atoms with E-state index < -0.39 is 6.10 Å². The number of H-pyrrole nitrogens is 1. The maximum absolute atomic E-state index is 11.9. The van der Waals surface area contributed by atoms with Gasteiger partial charge in [0.25, 0.3) is 5.91 Å². The summed E-state index contributed by atoms with van der Waals surface area (Å²) in [5, 5.41) is 16.1. The number of hydrogen-bond acceptors (Lipinski definition) is 4. The lowest BCUT2D eigenvalue weighted by atomic mass is 10.3. The fraction of sp³-hybridized carbons (Fsp3) is 0.700. The average molecular weight is 222 g/mol. The number of aliphatic hydroxyl groups excluding tert-OH is 1. The Hall–Kier alpha value is -1.43. The summed E-state index contributed by atoms with van der Waals surface area (Å²) in [7, 11) is 0. The van der Waals surface area contributed by atoms with Crippen molar-refractivity contribution in [3.05, 3.63) is 11.6 Å². The molecule has 0 aromatic carbocycles. The van der Waals surface area contributed by atoms with Gasteiger partial charge in [-0.1, -0.05) is 0 Å².